The number of fused-ring (bicyclic) bond motifs is 3. The summed E-state index contributed by atoms with van der Waals surface area (Å²) in [4.78, 5) is 12.6. The Hall–Kier alpha value is -1.91. The molecule has 1 saturated carbocycles. The van der Waals surface area contributed by atoms with Gasteiger partial charge in [-0.25, -0.2) is 0 Å². The topological polar surface area (TPSA) is 56.5 Å². The number of pyridine rings is 1. The first kappa shape index (κ1) is 12.8. The Bertz CT molecular complexity index is 736. The Morgan fingerprint density at radius 1 is 1.29 bits per heavy atom. The summed E-state index contributed by atoms with van der Waals surface area (Å²) in [5.41, 5.74) is 0.363. The molecule has 0 amide bonds. The highest BCUT2D eigenvalue weighted by Gasteiger charge is 2.63. The van der Waals surface area contributed by atoms with Gasteiger partial charge in [0, 0.05) is 11.6 Å². The number of ether oxygens (including phenoxy) is 1. The summed E-state index contributed by atoms with van der Waals surface area (Å²) in [7, 11) is 0. The lowest BCUT2D eigenvalue weighted by atomic mass is 9.66. The Kier molecular flexibility index (Phi) is 2.34. The summed E-state index contributed by atoms with van der Waals surface area (Å²) in [6.45, 7) is 6.46. The van der Waals surface area contributed by atoms with E-state index in [0.717, 1.165) is 18.5 Å². The maximum Gasteiger partial charge on any atom is 0.317 e. The van der Waals surface area contributed by atoms with Gasteiger partial charge in [-0.3, -0.25) is 9.20 Å². The minimum Gasteiger partial charge on any atom is -0.458 e. The van der Waals surface area contributed by atoms with Crippen molar-refractivity contribution in [3.05, 3.63) is 30.2 Å². The van der Waals surface area contributed by atoms with Crippen molar-refractivity contribution in [1.82, 2.24) is 14.6 Å². The van der Waals surface area contributed by atoms with Gasteiger partial charge in [-0.15, -0.1) is 10.2 Å². The first-order chi connectivity index (χ1) is 9.94. The third kappa shape index (κ3) is 1.49. The lowest BCUT2D eigenvalue weighted by Gasteiger charge is -2.47. The van der Waals surface area contributed by atoms with E-state index in [9.17, 15) is 4.79 Å². The lowest BCUT2D eigenvalue weighted by Crippen LogP contribution is -2.52. The van der Waals surface area contributed by atoms with Crippen molar-refractivity contribution in [1.29, 1.82) is 0 Å². The van der Waals surface area contributed by atoms with Crippen LogP contribution in [-0.4, -0.2) is 26.2 Å². The van der Waals surface area contributed by atoms with Crippen LogP contribution in [-0.2, 0) is 9.53 Å². The Morgan fingerprint density at radius 2 is 2.10 bits per heavy atom. The van der Waals surface area contributed by atoms with E-state index in [1.165, 1.54) is 0 Å². The molecule has 4 rings (SSSR count). The number of carbonyl (C=O) groups excluding carboxylic acids is 1. The van der Waals surface area contributed by atoms with Crippen molar-refractivity contribution in [3.8, 4) is 0 Å². The van der Waals surface area contributed by atoms with E-state index in [-0.39, 0.29) is 28.8 Å². The number of esters is 1. The van der Waals surface area contributed by atoms with Crippen LogP contribution in [0.4, 0.5) is 0 Å². The van der Waals surface area contributed by atoms with Crippen LogP contribution in [0, 0.1) is 11.3 Å². The van der Waals surface area contributed by atoms with E-state index in [4.69, 9.17) is 4.74 Å². The molecule has 1 saturated heterocycles. The van der Waals surface area contributed by atoms with Crippen LogP contribution in [0.15, 0.2) is 24.4 Å². The maximum absolute atomic E-state index is 12.6. The fourth-order valence-corrected chi connectivity index (χ4v) is 4.08. The minimum atomic E-state index is -0.355. The normalized spacial score (nSPS) is 34.1. The second kappa shape index (κ2) is 3.84. The van der Waals surface area contributed by atoms with E-state index in [1.54, 1.807) is 0 Å². The van der Waals surface area contributed by atoms with E-state index in [1.807, 2.05) is 28.8 Å². The number of nitrogens with zero attached hydrogens (tertiary/aromatic N) is 3. The highest BCUT2D eigenvalue weighted by molar-refractivity contribution is 5.80. The highest BCUT2D eigenvalue weighted by Crippen LogP contribution is 2.60. The number of hydrogen-bond acceptors (Lipinski definition) is 4. The molecule has 2 bridgehead atoms. The molecule has 3 heterocycles. The van der Waals surface area contributed by atoms with Crippen LogP contribution in [0.25, 0.3) is 5.65 Å². The molecule has 0 spiro atoms. The number of carbonyl (C=O) groups is 1. The van der Waals surface area contributed by atoms with Crippen molar-refractivity contribution in [2.75, 3.05) is 0 Å². The number of hydrogen-bond donors (Lipinski definition) is 0. The van der Waals surface area contributed by atoms with Gasteiger partial charge in [-0.1, -0.05) is 19.9 Å². The molecule has 5 nitrogen and oxygen atoms in total. The molecular weight excluding hydrogens is 266 g/mol. The van der Waals surface area contributed by atoms with Crippen molar-refractivity contribution in [3.63, 3.8) is 0 Å². The molecule has 3 atom stereocenters. The van der Waals surface area contributed by atoms with Gasteiger partial charge in [0.2, 0.25) is 0 Å². The molecule has 1 aliphatic carbocycles. The molecule has 2 aliphatic rings. The van der Waals surface area contributed by atoms with Gasteiger partial charge in [0.15, 0.2) is 11.5 Å². The lowest BCUT2D eigenvalue weighted by molar-refractivity contribution is -0.187. The molecular formula is C16H19N3O2. The average Bonchev–Trinajstić information content (AvgIpc) is 2.89. The van der Waals surface area contributed by atoms with Crippen molar-refractivity contribution in [2.45, 2.75) is 45.1 Å². The van der Waals surface area contributed by atoms with Crippen molar-refractivity contribution < 1.29 is 9.53 Å². The van der Waals surface area contributed by atoms with E-state index in [0.29, 0.717) is 5.82 Å². The fraction of sp³-hybridized carbons (Fsp3) is 0.562. The third-order valence-corrected chi connectivity index (χ3v) is 5.82. The minimum absolute atomic E-state index is 0.0494. The molecule has 110 valence electrons. The van der Waals surface area contributed by atoms with Crippen LogP contribution in [0.2, 0.25) is 0 Å². The molecule has 0 unspecified atom stereocenters. The zero-order valence-electron chi connectivity index (χ0n) is 12.5. The Labute approximate surface area is 123 Å². The number of aromatic nitrogens is 3. The average molecular weight is 285 g/mol. The first-order valence-electron chi connectivity index (χ1n) is 7.46. The van der Waals surface area contributed by atoms with E-state index in [2.05, 4.69) is 31.0 Å². The van der Waals surface area contributed by atoms with Gasteiger partial charge in [0.25, 0.3) is 0 Å². The maximum atomic E-state index is 12.6. The molecule has 2 aromatic heterocycles. The molecule has 21 heavy (non-hydrogen) atoms. The van der Waals surface area contributed by atoms with Gasteiger partial charge < -0.3 is 4.74 Å². The van der Waals surface area contributed by atoms with E-state index >= 15 is 0 Å². The van der Waals surface area contributed by atoms with Crippen molar-refractivity contribution >= 4 is 11.6 Å². The molecule has 0 aromatic carbocycles. The zero-order chi connectivity index (χ0) is 14.8. The van der Waals surface area contributed by atoms with Crippen LogP contribution in [0.3, 0.4) is 0 Å². The smallest absolute Gasteiger partial charge is 0.317 e. The summed E-state index contributed by atoms with van der Waals surface area (Å²) in [5, 5.41) is 8.47. The summed E-state index contributed by atoms with van der Waals surface area (Å²) in [6, 6.07) is 5.75. The molecule has 0 N–H and O–H groups in total. The largest absolute Gasteiger partial charge is 0.458 e. The second-order valence-corrected chi connectivity index (χ2v) is 6.98. The number of rotatable bonds is 1. The monoisotopic (exact) mass is 285 g/mol. The molecule has 2 fully saturated rings. The van der Waals surface area contributed by atoms with Crippen LogP contribution in [0.5, 0.6) is 0 Å². The second-order valence-electron chi connectivity index (χ2n) is 6.98. The van der Waals surface area contributed by atoms with Crippen LogP contribution >= 0.6 is 0 Å². The van der Waals surface area contributed by atoms with Crippen LogP contribution < -0.4 is 0 Å². The molecule has 1 aliphatic heterocycles. The standard InChI is InChI=1S/C16H19N3O2/c1-15(2)10-7-8-16(15,3)21-14(20)12(10)13-18-17-11-6-4-5-9-19(11)13/h4-6,9-10,12H,7-8H2,1-3H3/t10-,12-,16-/m1/s1. The highest BCUT2D eigenvalue weighted by atomic mass is 16.6. The predicted molar refractivity (Wildman–Crippen MR) is 76.7 cm³/mol. The van der Waals surface area contributed by atoms with Gasteiger partial charge in [-0.05, 0) is 37.8 Å². The third-order valence-electron chi connectivity index (χ3n) is 5.82. The molecule has 5 heteroatoms. The SMILES string of the molecule is CC1(C)[C@@H]2CC[C@@]1(C)OC(=O)[C@H]2c1nnc2ccccn12. The van der Waals surface area contributed by atoms with Crippen molar-refractivity contribution in [2.24, 2.45) is 11.3 Å². The summed E-state index contributed by atoms with van der Waals surface area (Å²) in [6.07, 6.45) is 3.82. The predicted octanol–water partition coefficient (Wildman–Crippen LogP) is 2.56. The van der Waals surface area contributed by atoms with Crippen LogP contribution in [0.1, 0.15) is 45.4 Å². The Morgan fingerprint density at radius 3 is 2.90 bits per heavy atom. The quantitative estimate of drug-likeness (QED) is 0.756. The fourth-order valence-electron chi connectivity index (χ4n) is 4.08. The molecule has 2 aromatic rings. The summed E-state index contributed by atoms with van der Waals surface area (Å²) in [5.74, 6) is 0.472. The summed E-state index contributed by atoms with van der Waals surface area (Å²) >= 11 is 0. The Balaban J connectivity index is 1.87. The summed E-state index contributed by atoms with van der Waals surface area (Å²) < 4.78 is 7.75. The van der Waals surface area contributed by atoms with Gasteiger partial charge in [0.05, 0.1) is 0 Å². The zero-order valence-corrected chi connectivity index (χ0v) is 12.5. The first-order valence-corrected chi connectivity index (χ1v) is 7.46. The van der Waals surface area contributed by atoms with E-state index < -0.39 is 0 Å². The van der Waals surface area contributed by atoms with Gasteiger partial charge in [-0.2, -0.15) is 0 Å². The van der Waals surface area contributed by atoms with Gasteiger partial charge in [0.1, 0.15) is 11.5 Å². The van der Waals surface area contributed by atoms with Gasteiger partial charge >= 0.3 is 5.97 Å². The molecule has 0 radical (unpaired) electrons.